The molecule has 1 saturated heterocycles. The second-order valence-corrected chi connectivity index (χ2v) is 6.14. The first-order chi connectivity index (χ1) is 10.3. The van der Waals surface area contributed by atoms with Gasteiger partial charge in [-0.05, 0) is 24.8 Å². The van der Waals surface area contributed by atoms with Crippen LogP contribution in [0.3, 0.4) is 0 Å². The molecule has 3 rings (SSSR count). The van der Waals surface area contributed by atoms with Gasteiger partial charge >= 0.3 is 0 Å². The Kier molecular flexibility index (Phi) is 4.68. The Morgan fingerprint density at radius 1 is 1.29 bits per heavy atom. The molecule has 0 unspecified atom stereocenters. The number of nitrogens with zero attached hydrogens (tertiary/aromatic N) is 3. The van der Waals surface area contributed by atoms with Crippen LogP contribution in [0.2, 0.25) is 0 Å². The zero-order valence-electron chi connectivity index (χ0n) is 12.4. The predicted molar refractivity (Wildman–Crippen MR) is 78.8 cm³/mol. The fraction of sp³-hybridized carbons (Fsp3) is 0.688. The molecule has 1 aromatic heterocycles. The third-order valence-corrected chi connectivity index (χ3v) is 4.52. The van der Waals surface area contributed by atoms with Crippen LogP contribution in [-0.4, -0.2) is 40.2 Å². The van der Waals surface area contributed by atoms with Gasteiger partial charge in [-0.1, -0.05) is 19.3 Å². The first kappa shape index (κ1) is 14.3. The molecule has 1 aliphatic carbocycles. The number of aromatic nitrogens is 2. The van der Waals surface area contributed by atoms with Crippen molar-refractivity contribution in [1.29, 1.82) is 0 Å². The molecule has 114 valence electrons. The predicted octanol–water partition coefficient (Wildman–Crippen LogP) is 2.43. The summed E-state index contributed by atoms with van der Waals surface area (Å²) in [4.78, 5) is 14.3. The summed E-state index contributed by atoms with van der Waals surface area (Å²) in [6.07, 6.45) is 9.64. The van der Waals surface area contributed by atoms with E-state index in [0.29, 0.717) is 24.2 Å². The third-order valence-electron chi connectivity index (χ3n) is 4.52. The fourth-order valence-electron chi connectivity index (χ4n) is 3.34. The van der Waals surface area contributed by atoms with E-state index >= 15 is 0 Å². The first-order valence-electron chi connectivity index (χ1n) is 8.03. The van der Waals surface area contributed by atoms with Crippen LogP contribution < -0.4 is 4.74 Å². The van der Waals surface area contributed by atoms with E-state index in [-0.39, 0.29) is 6.10 Å². The van der Waals surface area contributed by atoms with Gasteiger partial charge in [-0.2, -0.15) is 5.10 Å². The highest BCUT2D eigenvalue weighted by Gasteiger charge is 2.29. The topological polar surface area (TPSA) is 55.3 Å². The highest BCUT2D eigenvalue weighted by atomic mass is 16.5. The lowest BCUT2D eigenvalue weighted by molar-refractivity contribution is -0.131. The zero-order valence-corrected chi connectivity index (χ0v) is 12.4. The molecule has 5 nitrogen and oxygen atoms in total. The average Bonchev–Trinajstić information content (AvgIpc) is 2.98. The quantitative estimate of drug-likeness (QED) is 0.854. The largest absolute Gasteiger partial charge is 0.471 e. The van der Waals surface area contributed by atoms with Gasteiger partial charge < -0.3 is 9.64 Å². The highest BCUT2D eigenvalue weighted by molar-refractivity contribution is 5.76. The van der Waals surface area contributed by atoms with E-state index in [1.54, 1.807) is 12.3 Å². The van der Waals surface area contributed by atoms with Crippen LogP contribution >= 0.6 is 0 Å². The minimum absolute atomic E-state index is 0.0528. The zero-order chi connectivity index (χ0) is 14.5. The van der Waals surface area contributed by atoms with Gasteiger partial charge in [0, 0.05) is 31.6 Å². The summed E-state index contributed by atoms with van der Waals surface area (Å²) in [7, 11) is 0. The molecule has 1 saturated carbocycles. The molecule has 5 heteroatoms. The number of likely N-dealkylation sites (tertiary alicyclic amines) is 1. The Labute approximate surface area is 125 Å². The van der Waals surface area contributed by atoms with E-state index in [4.69, 9.17) is 4.74 Å². The maximum atomic E-state index is 12.4. The van der Waals surface area contributed by atoms with Crippen LogP contribution in [0.4, 0.5) is 0 Å². The van der Waals surface area contributed by atoms with Crippen molar-refractivity contribution in [3.8, 4) is 5.88 Å². The number of amides is 1. The molecular weight excluding hydrogens is 266 g/mol. The Morgan fingerprint density at radius 3 is 2.90 bits per heavy atom. The van der Waals surface area contributed by atoms with Gasteiger partial charge in [-0.25, -0.2) is 0 Å². The van der Waals surface area contributed by atoms with Crippen molar-refractivity contribution >= 4 is 5.91 Å². The van der Waals surface area contributed by atoms with E-state index in [0.717, 1.165) is 19.4 Å². The van der Waals surface area contributed by atoms with Crippen molar-refractivity contribution in [3.05, 3.63) is 18.3 Å². The van der Waals surface area contributed by atoms with Crippen molar-refractivity contribution < 1.29 is 9.53 Å². The minimum Gasteiger partial charge on any atom is -0.471 e. The van der Waals surface area contributed by atoms with E-state index in [1.807, 2.05) is 11.0 Å². The van der Waals surface area contributed by atoms with Crippen molar-refractivity contribution in [3.63, 3.8) is 0 Å². The second kappa shape index (κ2) is 6.87. The van der Waals surface area contributed by atoms with Gasteiger partial charge in [0.05, 0.1) is 6.54 Å². The molecule has 1 aromatic rings. The summed E-state index contributed by atoms with van der Waals surface area (Å²) < 4.78 is 5.78. The molecule has 1 amide bonds. The summed E-state index contributed by atoms with van der Waals surface area (Å²) in [5.41, 5.74) is 0. The van der Waals surface area contributed by atoms with Crippen molar-refractivity contribution in [2.75, 3.05) is 13.1 Å². The summed E-state index contributed by atoms with van der Waals surface area (Å²) in [6.45, 7) is 1.48. The van der Waals surface area contributed by atoms with Crippen molar-refractivity contribution in [1.82, 2.24) is 15.1 Å². The standard InChI is InChI=1S/C16H23N3O2/c20-16(11-13-5-2-1-3-6-13)19-10-8-14(12-19)21-15-7-4-9-17-18-15/h4,7,9,13-14H,1-3,5-6,8,10-12H2/t14-/m1/s1. The summed E-state index contributed by atoms with van der Waals surface area (Å²) in [5, 5.41) is 7.73. The maximum Gasteiger partial charge on any atom is 0.233 e. The number of carbonyl (C=O) groups is 1. The Morgan fingerprint density at radius 2 is 2.14 bits per heavy atom. The summed E-state index contributed by atoms with van der Waals surface area (Å²) in [5.74, 6) is 1.45. The molecule has 1 aliphatic heterocycles. The van der Waals surface area contributed by atoms with E-state index < -0.39 is 0 Å². The lowest BCUT2D eigenvalue weighted by atomic mass is 9.87. The molecule has 2 aliphatic rings. The Balaban J connectivity index is 1.46. The number of carbonyl (C=O) groups excluding carboxylic acids is 1. The molecule has 0 bridgehead atoms. The molecule has 0 aromatic carbocycles. The molecule has 0 N–H and O–H groups in total. The van der Waals surface area contributed by atoms with Crippen LogP contribution in [0, 0.1) is 5.92 Å². The van der Waals surface area contributed by atoms with Crippen LogP contribution in [0.25, 0.3) is 0 Å². The summed E-state index contributed by atoms with van der Waals surface area (Å²) in [6, 6.07) is 3.61. The molecule has 2 heterocycles. The van der Waals surface area contributed by atoms with Gasteiger partial charge in [0.2, 0.25) is 11.8 Å². The minimum atomic E-state index is 0.0528. The van der Waals surface area contributed by atoms with Gasteiger partial charge in [0.15, 0.2) is 0 Å². The number of hydrogen-bond acceptors (Lipinski definition) is 4. The monoisotopic (exact) mass is 289 g/mol. The van der Waals surface area contributed by atoms with Crippen LogP contribution in [0.15, 0.2) is 18.3 Å². The van der Waals surface area contributed by atoms with E-state index in [9.17, 15) is 4.79 Å². The molecule has 2 fully saturated rings. The van der Waals surface area contributed by atoms with Gasteiger partial charge in [0.25, 0.3) is 0 Å². The number of ether oxygens (including phenoxy) is 1. The summed E-state index contributed by atoms with van der Waals surface area (Å²) >= 11 is 0. The normalized spacial score (nSPS) is 23.2. The lowest BCUT2D eigenvalue weighted by Gasteiger charge is -2.24. The molecule has 21 heavy (non-hydrogen) atoms. The van der Waals surface area contributed by atoms with E-state index in [1.165, 1.54) is 32.1 Å². The lowest BCUT2D eigenvalue weighted by Crippen LogP contribution is -2.32. The van der Waals surface area contributed by atoms with Crippen molar-refractivity contribution in [2.24, 2.45) is 5.92 Å². The molecule has 0 spiro atoms. The highest BCUT2D eigenvalue weighted by Crippen LogP contribution is 2.27. The molecular formula is C16H23N3O2. The molecule has 0 radical (unpaired) electrons. The number of rotatable bonds is 4. The third kappa shape index (κ3) is 3.93. The van der Waals surface area contributed by atoms with Gasteiger partial charge in [-0.3, -0.25) is 4.79 Å². The Bertz CT molecular complexity index is 460. The van der Waals surface area contributed by atoms with Gasteiger partial charge in [-0.15, -0.1) is 5.10 Å². The Hall–Kier alpha value is -1.65. The SMILES string of the molecule is O=C(CC1CCCCC1)N1CC[C@@H](Oc2cccnn2)C1. The second-order valence-electron chi connectivity index (χ2n) is 6.14. The number of hydrogen-bond donors (Lipinski definition) is 0. The smallest absolute Gasteiger partial charge is 0.233 e. The van der Waals surface area contributed by atoms with Crippen LogP contribution in [-0.2, 0) is 4.79 Å². The fourth-order valence-corrected chi connectivity index (χ4v) is 3.34. The first-order valence-corrected chi connectivity index (χ1v) is 8.03. The van der Waals surface area contributed by atoms with Gasteiger partial charge in [0.1, 0.15) is 6.10 Å². The van der Waals surface area contributed by atoms with Crippen LogP contribution in [0.5, 0.6) is 5.88 Å². The molecule has 1 atom stereocenters. The maximum absolute atomic E-state index is 12.4. The average molecular weight is 289 g/mol. The van der Waals surface area contributed by atoms with Crippen molar-refractivity contribution in [2.45, 2.75) is 51.0 Å². The van der Waals surface area contributed by atoms with Crippen LogP contribution in [0.1, 0.15) is 44.9 Å². The van der Waals surface area contributed by atoms with E-state index in [2.05, 4.69) is 10.2 Å².